The van der Waals surface area contributed by atoms with Crippen LogP contribution in [0.2, 0.25) is 0 Å². The van der Waals surface area contributed by atoms with Crippen LogP contribution in [0.5, 0.6) is 5.75 Å². The number of ether oxygens (including phenoxy) is 3. The number of aryl methyl sites for hydroxylation is 1. The van der Waals surface area contributed by atoms with Crippen LogP contribution in [-0.4, -0.2) is 19.8 Å². The normalized spacial score (nSPS) is 18.1. The van der Waals surface area contributed by atoms with E-state index in [4.69, 9.17) is 14.2 Å². The molecule has 194 valence electrons. The lowest BCUT2D eigenvalue weighted by atomic mass is 9.97. The van der Waals surface area contributed by atoms with Crippen molar-refractivity contribution in [2.24, 2.45) is 0 Å². The third kappa shape index (κ3) is 8.57. The van der Waals surface area contributed by atoms with Crippen LogP contribution < -0.4 is 4.74 Å². The maximum absolute atomic E-state index is 14.8. The first kappa shape index (κ1) is 27.6. The molecule has 2 aromatic carbocycles. The van der Waals surface area contributed by atoms with E-state index in [9.17, 15) is 8.78 Å². The van der Waals surface area contributed by atoms with Crippen LogP contribution in [0, 0.1) is 11.6 Å². The van der Waals surface area contributed by atoms with Gasteiger partial charge >= 0.3 is 0 Å². The Morgan fingerprint density at radius 1 is 0.743 bits per heavy atom. The minimum Gasteiger partial charge on any atom is -0.490 e. The first-order chi connectivity index (χ1) is 17.1. The van der Waals surface area contributed by atoms with Crippen LogP contribution in [0.3, 0.4) is 0 Å². The molecule has 0 unspecified atom stereocenters. The highest BCUT2D eigenvalue weighted by Crippen LogP contribution is 2.34. The molecule has 5 heteroatoms. The fourth-order valence-corrected chi connectivity index (χ4v) is 4.49. The minimum absolute atomic E-state index is 0.0510. The molecule has 3 nitrogen and oxygen atoms in total. The van der Waals surface area contributed by atoms with Crippen molar-refractivity contribution in [3.63, 3.8) is 0 Å². The summed E-state index contributed by atoms with van der Waals surface area (Å²) in [7, 11) is 0. The maximum Gasteiger partial charge on any atom is 0.201 e. The summed E-state index contributed by atoms with van der Waals surface area (Å²) >= 11 is 0. The Kier molecular flexibility index (Phi) is 12.0. The van der Waals surface area contributed by atoms with Gasteiger partial charge in [-0.05, 0) is 42.5 Å². The van der Waals surface area contributed by atoms with Crippen LogP contribution in [0.4, 0.5) is 8.78 Å². The molecule has 0 aliphatic carbocycles. The number of hydrogen-bond acceptors (Lipinski definition) is 3. The van der Waals surface area contributed by atoms with Crippen molar-refractivity contribution >= 4 is 0 Å². The molecule has 35 heavy (non-hydrogen) atoms. The predicted octanol–water partition coefficient (Wildman–Crippen LogP) is 8.66. The molecule has 0 radical (unpaired) electrons. The fourth-order valence-electron chi connectivity index (χ4n) is 4.49. The molecule has 0 N–H and O–H groups in total. The van der Waals surface area contributed by atoms with E-state index in [1.807, 2.05) is 0 Å². The van der Waals surface area contributed by atoms with Crippen molar-refractivity contribution < 1.29 is 23.0 Å². The Morgan fingerprint density at radius 2 is 1.37 bits per heavy atom. The highest BCUT2D eigenvalue weighted by molar-refractivity contribution is 5.32. The Hall–Kier alpha value is -1.98. The smallest absolute Gasteiger partial charge is 0.201 e. The van der Waals surface area contributed by atoms with Gasteiger partial charge < -0.3 is 14.2 Å². The van der Waals surface area contributed by atoms with Gasteiger partial charge in [-0.2, -0.15) is 4.39 Å². The highest BCUT2D eigenvalue weighted by atomic mass is 19.2. The van der Waals surface area contributed by atoms with E-state index < -0.39 is 17.9 Å². The summed E-state index contributed by atoms with van der Waals surface area (Å²) in [5.74, 6) is -1.90. The summed E-state index contributed by atoms with van der Waals surface area (Å²) in [5.41, 5.74) is 2.56. The van der Waals surface area contributed by atoms with Crippen molar-refractivity contribution in [2.45, 2.75) is 96.7 Å². The molecule has 0 amide bonds. The van der Waals surface area contributed by atoms with Crippen LogP contribution in [0.25, 0.3) is 0 Å². The lowest BCUT2D eigenvalue weighted by Crippen LogP contribution is -2.26. The lowest BCUT2D eigenvalue weighted by Gasteiger charge is -2.30. The average molecular weight is 489 g/mol. The van der Waals surface area contributed by atoms with Crippen molar-refractivity contribution in [3.05, 3.63) is 64.7 Å². The largest absolute Gasteiger partial charge is 0.490 e. The van der Waals surface area contributed by atoms with Gasteiger partial charge in [0.15, 0.2) is 17.9 Å². The first-order valence-corrected chi connectivity index (χ1v) is 13.6. The van der Waals surface area contributed by atoms with Gasteiger partial charge in [0.25, 0.3) is 0 Å². The van der Waals surface area contributed by atoms with E-state index >= 15 is 0 Å². The van der Waals surface area contributed by atoms with Gasteiger partial charge in [-0.25, -0.2) is 4.39 Å². The molecule has 0 spiro atoms. The second-order valence-electron chi connectivity index (χ2n) is 9.64. The number of rotatable bonds is 15. The molecule has 0 atom stereocenters. The molecule has 1 aliphatic heterocycles. The van der Waals surface area contributed by atoms with E-state index in [1.165, 1.54) is 62.6 Å². The molecule has 0 saturated carbocycles. The molecule has 1 aliphatic rings. The van der Waals surface area contributed by atoms with E-state index in [2.05, 4.69) is 38.1 Å². The molecule has 1 saturated heterocycles. The molecule has 2 aromatic rings. The summed E-state index contributed by atoms with van der Waals surface area (Å²) in [6.07, 6.45) is 11.9. The number of unbranched alkanes of at least 4 members (excludes halogenated alkanes) is 8. The summed E-state index contributed by atoms with van der Waals surface area (Å²) < 4.78 is 46.5. The zero-order valence-electron chi connectivity index (χ0n) is 21.5. The van der Waals surface area contributed by atoms with Crippen LogP contribution in [-0.2, 0) is 15.9 Å². The van der Waals surface area contributed by atoms with E-state index in [1.54, 1.807) is 0 Å². The first-order valence-electron chi connectivity index (χ1n) is 13.6. The molecule has 3 rings (SSSR count). The molecular weight excluding hydrogens is 446 g/mol. The molecule has 0 bridgehead atoms. The topological polar surface area (TPSA) is 27.7 Å². The average Bonchev–Trinajstić information content (AvgIpc) is 2.89. The third-order valence-corrected chi connectivity index (χ3v) is 6.75. The zero-order valence-corrected chi connectivity index (χ0v) is 21.5. The van der Waals surface area contributed by atoms with Gasteiger partial charge in [0.2, 0.25) is 5.82 Å². The molecular formula is C30H42F2O3. The second-order valence-corrected chi connectivity index (χ2v) is 9.64. The van der Waals surface area contributed by atoms with E-state index in [-0.39, 0.29) is 17.2 Å². The number of halogens is 2. The monoisotopic (exact) mass is 488 g/mol. The van der Waals surface area contributed by atoms with Crippen LogP contribution >= 0.6 is 0 Å². The van der Waals surface area contributed by atoms with Gasteiger partial charge in [0.05, 0.1) is 19.8 Å². The van der Waals surface area contributed by atoms with E-state index in [0.717, 1.165) is 31.2 Å². The SMILES string of the molecule is CCCCCCCCCOc1ccc(C2OCC(c3ccc(CCCCC)cc3)CO2)c(F)c1F. The van der Waals surface area contributed by atoms with Crippen molar-refractivity contribution in [1.82, 2.24) is 0 Å². The van der Waals surface area contributed by atoms with Crippen LogP contribution in [0.15, 0.2) is 36.4 Å². The third-order valence-electron chi connectivity index (χ3n) is 6.75. The Labute approximate surface area is 210 Å². The Bertz CT molecular complexity index is 861. The predicted molar refractivity (Wildman–Crippen MR) is 137 cm³/mol. The highest BCUT2D eigenvalue weighted by Gasteiger charge is 2.28. The lowest BCUT2D eigenvalue weighted by molar-refractivity contribution is -0.193. The Morgan fingerprint density at radius 3 is 2.06 bits per heavy atom. The molecule has 1 fully saturated rings. The summed E-state index contributed by atoms with van der Waals surface area (Å²) in [6, 6.07) is 11.6. The van der Waals surface area contributed by atoms with Crippen molar-refractivity contribution in [2.75, 3.05) is 19.8 Å². The fraction of sp³-hybridized carbons (Fsp3) is 0.600. The minimum atomic E-state index is -0.974. The quantitative estimate of drug-likeness (QED) is 0.235. The van der Waals surface area contributed by atoms with Crippen LogP contribution in [0.1, 0.15) is 107 Å². The van der Waals surface area contributed by atoms with Crippen molar-refractivity contribution in [1.29, 1.82) is 0 Å². The summed E-state index contributed by atoms with van der Waals surface area (Å²) in [5, 5.41) is 0. The number of hydrogen-bond donors (Lipinski definition) is 0. The standard InChI is InChI=1S/C30H42F2O3/c1-3-5-7-8-9-10-12-20-33-27-19-18-26(28(31)29(27)32)30-34-21-25(22-35-30)24-16-14-23(15-17-24)13-11-6-4-2/h14-19,25,30H,3-13,20-22H2,1-2H3. The zero-order chi connectivity index (χ0) is 24.9. The second kappa shape index (κ2) is 15.2. The van der Waals surface area contributed by atoms with Gasteiger partial charge in [-0.1, -0.05) is 89.5 Å². The van der Waals surface area contributed by atoms with Gasteiger partial charge in [0.1, 0.15) is 0 Å². The van der Waals surface area contributed by atoms with Gasteiger partial charge in [-0.3, -0.25) is 0 Å². The van der Waals surface area contributed by atoms with Gasteiger partial charge in [-0.15, -0.1) is 0 Å². The van der Waals surface area contributed by atoms with Crippen molar-refractivity contribution in [3.8, 4) is 5.75 Å². The summed E-state index contributed by atoms with van der Waals surface area (Å²) in [6.45, 7) is 5.60. The Balaban J connectivity index is 1.45. The summed E-state index contributed by atoms with van der Waals surface area (Å²) in [4.78, 5) is 0. The maximum atomic E-state index is 14.8. The molecule has 1 heterocycles. The molecule has 0 aromatic heterocycles. The number of benzene rings is 2. The van der Waals surface area contributed by atoms with Gasteiger partial charge in [0, 0.05) is 11.5 Å². The van der Waals surface area contributed by atoms with E-state index in [0.29, 0.717) is 19.8 Å².